The van der Waals surface area contributed by atoms with Gasteiger partial charge in [-0.1, -0.05) is 30.7 Å². The van der Waals surface area contributed by atoms with Gasteiger partial charge in [-0.05, 0) is 26.0 Å². The number of hydrogen-bond donors (Lipinski definition) is 1. The van der Waals surface area contributed by atoms with Gasteiger partial charge in [0, 0.05) is 18.0 Å². The Balaban J connectivity index is 2.93. The predicted molar refractivity (Wildman–Crippen MR) is 70.5 cm³/mol. The van der Waals surface area contributed by atoms with Crippen LogP contribution in [0, 0.1) is 17.7 Å². The molecule has 0 spiro atoms. The van der Waals surface area contributed by atoms with Crippen LogP contribution >= 0.6 is 11.6 Å². The molecule has 0 bridgehead atoms. The lowest BCUT2D eigenvalue weighted by molar-refractivity contribution is 0.507. The monoisotopic (exact) mass is 253 g/mol. The van der Waals surface area contributed by atoms with E-state index in [2.05, 4.69) is 24.1 Å². The minimum Gasteiger partial charge on any atom is -0.309 e. The maximum atomic E-state index is 13.9. The van der Waals surface area contributed by atoms with Gasteiger partial charge in [-0.2, -0.15) is 0 Å². The maximum absolute atomic E-state index is 13.9. The molecule has 0 saturated heterocycles. The first-order valence-corrected chi connectivity index (χ1v) is 6.15. The zero-order valence-corrected chi connectivity index (χ0v) is 10.9. The van der Waals surface area contributed by atoms with Gasteiger partial charge < -0.3 is 5.32 Å². The summed E-state index contributed by atoms with van der Waals surface area (Å²) in [6, 6.07) is 4.98. The Labute approximate surface area is 107 Å². The Morgan fingerprint density at radius 2 is 2.24 bits per heavy atom. The first-order chi connectivity index (χ1) is 8.20. The molecule has 1 N–H and O–H groups in total. The van der Waals surface area contributed by atoms with Crippen LogP contribution in [0.1, 0.15) is 38.3 Å². The van der Waals surface area contributed by atoms with Gasteiger partial charge in [0.2, 0.25) is 0 Å². The van der Waals surface area contributed by atoms with Crippen LogP contribution in [0.4, 0.5) is 4.39 Å². The first-order valence-electron chi connectivity index (χ1n) is 5.77. The summed E-state index contributed by atoms with van der Waals surface area (Å²) in [4.78, 5) is 0. The smallest absolute Gasteiger partial charge is 0.146 e. The molecule has 1 rings (SSSR count). The fraction of sp³-hybridized carbons (Fsp3) is 0.429. The van der Waals surface area contributed by atoms with Crippen molar-refractivity contribution in [2.45, 2.75) is 32.7 Å². The molecule has 1 aromatic rings. The molecular formula is C14H17ClFN. The van der Waals surface area contributed by atoms with Crippen LogP contribution < -0.4 is 5.32 Å². The second-order valence-corrected chi connectivity index (χ2v) is 4.19. The van der Waals surface area contributed by atoms with Gasteiger partial charge in [0.25, 0.3) is 0 Å². The van der Waals surface area contributed by atoms with Crippen molar-refractivity contribution < 1.29 is 4.39 Å². The van der Waals surface area contributed by atoms with Gasteiger partial charge in [-0.3, -0.25) is 0 Å². The fourth-order valence-corrected chi connectivity index (χ4v) is 1.79. The van der Waals surface area contributed by atoms with Crippen molar-refractivity contribution in [1.82, 2.24) is 5.32 Å². The lowest BCUT2D eigenvalue weighted by Crippen LogP contribution is -2.22. The Kier molecular flexibility index (Phi) is 6.04. The van der Waals surface area contributed by atoms with Crippen molar-refractivity contribution in [2.75, 3.05) is 6.54 Å². The van der Waals surface area contributed by atoms with Crippen molar-refractivity contribution in [1.29, 1.82) is 0 Å². The van der Waals surface area contributed by atoms with E-state index in [9.17, 15) is 4.39 Å². The molecule has 92 valence electrons. The molecule has 0 heterocycles. The van der Waals surface area contributed by atoms with Gasteiger partial charge in [0.15, 0.2) is 0 Å². The summed E-state index contributed by atoms with van der Waals surface area (Å²) in [5.41, 5.74) is 0.591. The SMILES string of the molecule is CC#CCC(NCCC)c1cccc(Cl)c1F. The summed E-state index contributed by atoms with van der Waals surface area (Å²) in [6.45, 7) is 4.69. The van der Waals surface area contributed by atoms with E-state index in [1.807, 2.05) is 0 Å². The minimum atomic E-state index is -0.347. The van der Waals surface area contributed by atoms with E-state index in [4.69, 9.17) is 11.6 Å². The van der Waals surface area contributed by atoms with Crippen LogP contribution in [0.5, 0.6) is 0 Å². The standard InChI is InChI=1S/C14H17ClFN/c1-3-5-9-13(17-10-4-2)11-7-6-8-12(15)14(11)16/h6-8,13,17H,4,9-10H2,1-2H3. The predicted octanol–water partition coefficient (Wildman–Crippen LogP) is 3.93. The van der Waals surface area contributed by atoms with E-state index in [-0.39, 0.29) is 16.9 Å². The van der Waals surface area contributed by atoms with E-state index < -0.39 is 0 Å². The summed E-state index contributed by atoms with van der Waals surface area (Å²) < 4.78 is 13.9. The number of nitrogens with one attached hydrogen (secondary N) is 1. The van der Waals surface area contributed by atoms with Crippen LogP contribution in [0.3, 0.4) is 0 Å². The van der Waals surface area contributed by atoms with Crippen LogP contribution in [0.2, 0.25) is 5.02 Å². The number of hydrogen-bond acceptors (Lipinski definition) is 1. The van der Waals surface area contributed by atoms with Crippen molar-refractivity contribution in [3.8, 4) is 11.8 Å². The lowest BCUT2D eigenvalue weighted by atomic mass is 10.0. The van der Waals surface area contributed by atoms with Crippen molar-refractivity contribution >= 4 is 11.6 Å². The summed E-state index contributed by atoms with van der Waals surface area (Å²) in [6.07, 6.45) is 1.59. The van der Waals surface area contributed by atoms with E-state index >= 15 is 0 Å². The Hall–Kier alpha value is -1.04. The third kappa shape index (κ3) is 4.03. The maximum Gasteiger partial charge on any atom is 0.146 e. The van der Waals surface area contributed by atoms with Gasteiger partial charge in [-0.25, -0.2) is 4.39 Å². The van der Waals surface area contributed by atoms with Crippen LogP contribution in [-0.2, 0) is 0 Å². The highest BCUT2D eigenvalue weighted by molar-refractivity contribution is 6.30. The van der Waals surface area contributed by atoms with E-state index in [1.54, 1.807) is 25.1 Å². The normalized spacial score (nSPS) is 11.8. The van der Waals surface area contributed by atoms with Crippen LogP contribution in [0.15, 0.2) is 18.2 Å². The molecule has 0 aliphatic carbocycles. The molecule has 1 aromatic carbocycles. The van der Waals surface area contributed by atoms with Gasteiger partial charge in [0.1, 0.15) is 5.82 Å². The second-order valence-electron chi connectivity index (χ2n) is 3.78. The molecule has 0 aromatic heterocycles. The zero-order chi connectivity index (χ0) is 12.7. The summed E-state index contributed by atoms with van der Waals surface area (Å²) in [7, 11) is 0. The average Bonchev–Trinajstić information content (AvgIpc) is 2.34. The number of benzene rings is 1. The zero-order valence-electron chi connectivity index (χ0n) is 10.2. The van der Waals surface area contributed by atoms with Gasteiger partial charge in [0.05, 0.1) is 5.02 Å². The Morgan fingerprint density at radius 1 is 1.47 bits per heavy atom. The number of rotatable bonds is 5. The molecule has 1 unspecified atom stereocenters. The molecule has 0 aliphatic heterocycles. The van der Waals surface area contributed by atoms with E-state index in [0.717, 1.165) is 13.0 Å². The lowest BCUT2D eigenvalue weighted by Gasteiger charge is -2.17. The quantitative estimate of drug-likeness (QED) is 0.784. The van der Waals surface area contributed by atoms with E-state index in [0.29, 0.717) is 12.0 Å². The summed E-state index contributed by atoms with van der Waals surface area (Å²) in [5.74, 6) is 5.47. The van der Waals surface area contributed by atoms with Crippen molar-refractivity contribution in [2.24, 2.45) is 0 Å². The van der Waals surface area contributed by atoms with Crippen LogP contribution in [0.25, 0.3) is 0 Å². The highest BCUT2D eigenvalue weighted by Crippen LogP contribution is 2.25. The highest BCUT2D eigenvalue weighted by atomic mass is 35.5. The highest BCUT2D eigenvalue weighted by Gasteiger charge is 2.15. The van der Waals surface area contributed by atoms with E-state index in [1.165, 1.54) is 0 Å². The molecule has 3 heteroatoms. The molecule has 0 saturated carbocycles. The molecule has 1 nitrogen and oxygen atoms in total. The van der Waals surface area contributed by atoms with Gasteiger partial charge in [-0.15, -0.1) is 11.8 Å². The summed E-state index contributed by atoms with van der Waals surface area (Å²) in [5, 5.41) is 3.45. The average molecular weight is 254 g/mol. The molecule has 0 aliphatic rings. The van der Waals surface area contributed by atoms with Crippen molar-refractivity contribution in [3.05, 3.63) is 34.6 Å². The molecule has 0 radical (unpaired) electrons. The third-order valence-corrected chi connectivity index (χ3v) is 2.77. The van der Waals surface area contributed by atoms with Crippen molar-refractivity contribution in [3.63, 3.8) is 0 Å². The first kappa shape index (κ1) is 14.0. The minimum absolute atomic E-state index is 0.0962. The summed E-state index contributed by atoms with van der Waals surface area (Å²) >= 11 is 5.79. The molecule has 17 heavy (non-hydrogen) atoms. The largest absolute Gasteiger partial charge is 0.309 e. The molecule has 1 atom stereocenters. The Bertz CT molecular complexity index is 420. The topological polar surface area (TPSA) is 12.0 Å². The van der Waals surface area contributed by atoms with Crippen LogP contribution in [-0.4, -0.2) is 6.54 Å². The number of halogens is 2. The second kappa shape index (κ2) is 7.32. The molecule has 0 amide bonds. The van der Waals surface area contributed by atoms with Gasteiger partial charge >= 0.3 is 0 Å². The Morgan fingerprint density at radius 3 is 2.88 bits per heavy atom. The molecule has 0 fully saturated rings. The fourth-order valence-electron chi connectivity index (χ4n) is 1.60. The molecular weight excluding hydrogens is 237 g/mol. The third-order valence-electron chi connectivity index (χ3n) is 2.48.